The number of hydrazine groups is 1. The molecule has 1 amide bonds. The molecule has 1 aromatic rings. The summed E-state index contributed by atoms with van der Waals surface area (Å²) < 4.78 is 0. The number of anilines is 1. The van der Waals surface area contributed by atoms with Gasteiger partial charge in [-0.25, -0.2) is 10.4 Å². The van der Waals surface area contributed by atoms with E-state index in [2.05, 4.69) is 50.7 Å². The van der Waals surface area contributed by atoms with Crippen LogP contribution in [0.15, 0.2) is 18.2 Å². The number of hydrogen-bond donors (Lipinski definition) is 4. The summed E-state index contributed by atoms with van der Waals surface area (Å²) in [5.74, 6) is -0.000159. The number of nitrogens with zero attached hydrogens (tertiary/aromatic N) is 2. The Hall–Kier alpha value is -2.14. The molecule has 5 rings (SSSR count). The first-order valence-corrected chi connectivity index (χ1v) is 11.1. The molecule has 0 aromatic heterocycles. The molecule has 1 aromatic carbocycles. The fraction of sp³-hybridized carbons (Fsp3) is 0.636. The third-order valence-corrected chi connectivity index (χ3v) is 7.13. The van der Waals surface area contributed by atoms with Crippen molar-refractivity contribution in [1.82, 2.24) is 21.1 Å². The highest BCUT2D eigenvalue weighted by Gasteiger charge is 2.51. The molecular formula is C22H30N6O. The quantitative estimate of drug-likeness (QED) is 0.621. The van der Waals surface area contributed by atoms with E-state index >= 15 is 0 Å². The van der Waals surface area contributed by atoms with Crippen LogP contribution in [0, 0.1) is 23.2 Å². The number of nitriles is 1. The van der Waals surface area contributed by atoms with Crippen molar-refractivity contribution in [3.05, 3.63) is 29.3 Å². The van der Waals surface area contributed by atoms with Crippen LogP contribution in [0.1, 0.15) is 43.2 Å². The summed E-state index contributed by atoms with van der Waals surface area (Å²) >= 11 is 0. The second kappa shape index (κ2) is 7.94. The molecule has 3 aliphatic heterocycles. The number of piperidine rings is 1. The van der Waals surface area contributed by atoms with E-state index in [1.807, 2.05) is 0 Å². The van der Waals surface area contributed by atoms with Crippen LogP contribution in [-0.2, 0) is 17.8 Å². The van der Waals surface area contributed by atoms with E-state index in [1.54, 1.807) is 0 Å². The standard InChI is InChI=1S/C22H30N6O/c23-12-15-3-1-2-4-18(15)28-19-8-10-25-22(29)20(19)21(27-28)26-17-6-5-16-13-24-9-7-14(16)11-17/h5-6,11,15,18-21,24,26-27H,1-4,7-10,13H2,(H,25,29)/t15-,18+,19?,20?,21?/m1/s1. The van der Waals surface area contributed by atoms with Gasteiger partial charge < -0.3 is 16.0 Å². The van der Waals surface area contributed by atoms with E-state index in [4.69, 9.17) is 0 Å². The topological polar surface area (TPSA) is 92.2 Å². The molecule has 4 aliphatic rings. The van der Waals surface area contributed by atoms with Gasteiger partial charge >= 0.3 is 0 Å². The van der Waals surface area contributed by atoms with Crippen molar-refractivity contribution in [3.63, 3.8) is 0 Å². The molecule has 29 heavy (non-hydrogen) atoms. The predicted molar refractivity (Wildman–Crippen MR) is 111 cm³/mol. The van der Waals surface area contributed by atoms with Gasteiger partial charge in [0.05, 0.1) is 17.9 Å². The van der Waals surface area contributed by atoms with E-state index in [0.717, 1.165) is 57.3 Å². The zero-order chi connectivity index (χ0) is 19.8. The van der Waals surface area contributed by atoms with Gasteiger partial charge in [-0.15, -0.1) is 0 Å². The summed E-state index contributed by atoms with van der Waals surface area (Å²) in [6, 6.07) is 9.39. The lowest BCUT2D eigenvalue weighted by atomic mass is 9.83. The van der Waals surface area contributed by atoms with Crippen molar-refractivity contribution in [2.24, 2.45) is 11.8 Å². The molecule has 7 nitrogen and oxygen atoms in total. The third-order valence-electron chi connectivity index (χ3n) is 7.13. The highest BCUT2D eigenvalue weighted by Crippen LogP contribution is 2.36. The minimum absolute atomic E-state index is 0.0388. The summed E-state index contributed by atoms with van der Waals surface area (Å²) in [5, 5.41) is 22.0. The van der Waals surface area contributed by atoms with Gasteiger partial charge in [-0.2, -0.15) is 5.26 Å². The van der Waals surface area contributed by atoms with Gasteiger partial charge in [0.25, 0.3) is 0 Å². The van der Waals surface area contributed by atoms with E-state index in [-0.39, 0.29) is 36.0 Å². The molecule has 3 heterocycles. The molecule has 3 fully saturated rings. The van der Waals surface area contributed by atoms with Gasteiger partial charge in [0.2, 0.25) is 5.91 Å². The lowest BCUT2D eigenvalue weighted by molar-refractivity contribution is -0.128. The van der Waals surface area contributed by atoms with Crippen LogP contribution in [0.5, 0.6) is 0 Å². The maximum absolute atomic E-state index is 12.8. The lowest BCUT2D eigenvalue weighted by Crippen LogP contribution is -2.54. The van der Waals surface area contributed by atoms with Crippen LogP contribution >= 0.6 is 0 Å². The first-order chi connectivity index (χ1) is 14.2. The van der Waals surface area contributed by atoms with Crippen molar-refractivity contribution in [2.75, 3.05) is 18.4 Å². The third kappa shape index (κ3) is 3.50. The Balaban J connectivity index is 1.39. The summed E-state index contributed by atoms with van der Waals surface area (Å²) in [6.07, 6.45) is 6.07. The second-order valence-electron chi connectivity index (χ2n) is 8.83. The van der Waals surface area contributed by atoms with E-state index in [0.29, 0.717) is 6.54 Å². The summed E-state index contributed by atoms with van der Waals surface area (Å²) in [6.45, 7) is 2.65. The largest absolute Gasteiger partial charge is 0.368 e. The molecule has 7 heteroatoms. The predicted octanol–water partition coefficient (Wildman–Crippen LogP) is 1.48. The zero-order valence-corrected chi connectivity index (χ0v) is 16.8. The summed E-state index contributed by atoms with van der Waals surface area (Å²) in [7, 11) is 0. The SMILES string of the molecule is N#C[C@H]1CCCC[C@@H]1N1NC(Nc2ccc3c(c2)CCNC3)C2C(=O)NCCC21. The van der Waals surface area contributed by atoms with Crippen molar-refractivity contribution < 1.29 is 4.79 Å². The number of hydrogen-bond acceptors (Lipinski definition) is 6. The Morgan fingerprint density at radius 1 is 1.10 bits per heavy atom. The molecule has 4 N–H and O–H groups in total. The van der Waals surface area contributed by atoms with Crippen molar-refractivity contribution in [1.29, 1.82) is 5.26 Å². The first-order valence-electron chi connectivity index (χ1n) is 11.1. The molecule has 0 spiro atoms. The average Bonchev–Trinajstić information content (AvgIpc) is 3.13. The fourth-order valence-corrected chi connectivity index (χ4v) is 5.64. The molecular weight excluding hydrogens is 364 g/mol. The number of carbonyl (C=O) groups excluding carboxylic acids is 1. The smallest absolute Gasteiger partial charge is 0.228 e. The number of nitrogens with one attached hydrogen (secondary N) is 4. The number of amides is 1. The number of rotatable bonds is 3. The van der Waals surface area contributed by atoms with E-state index in [1.165, 1.54) is 11.1 Å². The summed E-state index contributed by atoms with van der Waals surface area (Å²) in [4.78, 5) is 12.8. The van der Waals surface area contributed by atoms with E-state index in [9.17, 15) is 10.1 Å². The fourth-order valence-electron chi connectivity index (χ4n) is 5.64. The molecule has 5 atom stereocenters. The average molecular weight is 395 g/mol. The number of carbonyl (C=O) groups is 1. The van der Waals surface area contributed by atoms with Crippen molar-refractivity contribution in [3.8, 4) is 6.07 Å². The van der Waals surface area contributed by atoms with Crippen LogP contribution in [0.4, 0.5) is 5.69 Å². The monoisotopic (exact) mass is 394 g/mol. The van der Waals surface area contributed by atoms with Gasteiger partial charge in [0.1, 0.15) is 6.17 Å². The Labute approximate surface area is 172 Å². The Morgan fingerprint density at radius 2 is 2.00 bits per heavy atom. The zero-order valence-electron chi connectivity index (χ0n) is 16.8. The van der Waals surface area contributed by atoms with Crippen LogP contribution in [0.2, 0.25) is 0 Å². The van der Waals surface area contributed by atoms with Gasteiger partial charge in [0.15, 0.2) is 0 Å². The molecule has 1 aliphatic carbocycles. The molecule has 1 saturated carbocycles. The van der Waals surface area contributed by atoms with E-state index < -0.39 is 0 Å². The number of fused-ring (bicyclic) bond motifs is 2. The minimum Gasteiger partial charge on any atom is -0.368 e. The van der Waals surface area contributed by atoms with Crippen LogP contribution in [0.3, 0.4) is 0 Å². The maximum atomic E-state index is 12.8. The van der Waals surface area contributed by atoms with Crippen molar-refractivity contribution in [2.45, 2.75) is 63.3 Å². The normalized spacial score (nSPS) is 34.6. The minimum atomic E-state index is -0.152. The number of benzene rings is 1. The molecule has 0 radical (unpaired) electrons. The van der Waals surface area contributed by atoms with Gasteiger partial charge in [0, 0.05) is 30.9 Å². The first kappa shape index (κ1) is 18.9. The van der Waals surface area contributed by atoms with Crippen LogP contribution < -0.4 is 21.4 Å². The Bertz CT molecular complexity index is 820. The molecule has 2 saturated heterocycles. The van der Waals surface area contributed by atoms with Crippen molar-refractivity contribution >= 4 is 11.6 Å². The molecule has 0 bridgehead atoms. The Morgan fingerprint density at radius 3 is 2.90 bits per heavy atom. The summed E-state index contributed by atoms with van der Waals surface area (Å²) in [5.41, 5.74) is 7.42. The highest BCUT2D eigenvalue weighted by atomic mass is 16.2. The van der Waals surface area contributed by atoms with Crippen LogP contribution in [0.25, 0.3) is 0 Å². The second-order valence-corrected chi connectivity index (χ2v) is 8.83. The molecule has 3 unspecified atom stereocenters. The maximum Gasteiger partial charge on any atom is 0.228 e. The van der Waals surface area contributed by atoms with Gasteiger partial charge in [-0.05, 0) is 55.5 Å². The molecule has 154 valence electrons. The van der Waals surface area contributed by atoms with Gasteiger partial charge in [-0.1, -0.05) is 18.9 Å². The lowest BCUT2D eigenvalue weighted by Gasteiger charge is -2.39. The van der Waals surface area contributed by atoms with Gasteiger partial charge in [-0.3, -0.25) is 4.79 Å². The van der Waals surface area contributed by atoms with Crippen LogP contribution in [-0.4, -0.2) is 42.3 Å². The Kier molecular flexibility index (Phi) is 5.17. The highest BCUT2D eigenvalue weighted by molar-refractivity contribution is 5.82.